The largest absolute Gasteiger partial charge is 0.369 e. The molecule has 2 N–H and O–H groups in total. The van der Waals surface area contributed by atoms with E-state index in [1.165, 1.54) is 10.8 Å². The van der Waals surface area contributed by atoms with Crippen molar-refractivity contribution in [1.82, 2.24) is 10.6 Å². The lowest BCUT2D eigenvalue weighted by Crippen LogP contribution is -2.43. The van der Waals surface area contributed by atoms with Gasteiger partial charge in [-0.15, -0.1) is 0 Å². The summed E-state index contributed by atoms with van der Waals surface area (Å²) in [5, 5.41) is 8.90. The second-order valence-electron chi connectivity index (χ2n) is 7.05. The molecule has 1 amide bonds. The number of carbonyl (C=O) groups excluding carboxylic acids is 1. The van der Waals surface area contributed by atoms with Crippen LogP contribution in [0.25, 0.3) is 10.8 Å². The lowest BCUT2D eigenvalue weighted by Gasteiger charge is -2.29. The molecular formula is C23H25N3O. The first-order valence-corrected chi connectivity index (χ1v) is 9.56. The fraction of sp³-hybridized carbons (Fsp3) is 0.261. The van der Waals surface area contributed by atoms with Crippen LogP contribution in [0.3, 0.4) is 0 Å². The van der Waals surface area contributed by atoms with Gasteiger partial charge in [-0.25, -0.2) is 0 Å². The van der Waals surface area contributed by atoms with Gasteiger partial charge in [0.15, 0.2) is 0 Å². The van der Waals surface area contributed by atoms with Crippen molar-refractivity contribution >= 4 is 22.4 Å². The van der Waals surface area contributed by atoms with E-state index in [1.807, 2.05) is 43.3 Å². The van der Waals surface area contributed by atoms with Gasteiger partial charge in [0.2, 0.25) is 0 Å². The molecule has 1 unspecified atom stereocenters. The van der Waals surface area contributed by atoms with Gasteiger partial charge in [-0.2, -0.15) is 0 Å². The summed E-state index contributed by atoms with van der Waals surface area (Å²) >= 11 is 0. The maximum atomic E-state index is 12.9. The molecule has 1 aliphatic heterocycles. The van der Waals surface area contributed by atoms with Crippen LogP contribution in [0.5, 0.6) is 0 Å². The average Bonchev–Trinajstić information content (AvgIpc) is 2.74. The molecular weight excluding hydrogens is 334 g/mol. The number of hydrogen-bond donors (Lipinski definition) is 2. The molecule has 4 nitrogen and oxygen atoms in total. The average molecular weight is 359 g/mol. The molecule has 0 aliphatic carbocycles. The van der Waals surface area contributed by atoms with Crippen molar-refractivity contribution < 1.29 is 4.79 Å². The molecule has 1 fully saturated rings. The minimum absolute atomic E-state index is 0.0348. The Morgan fingerprint density at radius 1 is 1.00 bits per heavy atom. The summed E-state index contributed by atoms with van der Waals surface area (Å²) in [5.74, 6) is -0.0348. The van der Waals surface area contributed by atoms with Gasteiger partial charge in [0.25, 0.3) is 5.91 Å². The van der Waals surface area contributed by atoms with Crippen LogP contribution < -0.4 is 15.5 Å². The van der Waals surface area contributed by atoms with E-state index in [2.05, 4.69) is 45.9 Å². The quantitative estimate of drug-likeness (QED) is 0.746. The van der Waals surface area contributed by atoms with E-state index in [4.69, 9.17) is 0 Å². The van der Waals surface area contributed by atoms with Gasteiger partial charge in [-0.1, -0.05) is 48.5 Å². The Morgan fingerprint density at radius 2 is 1.74 bits per heavy atom. The zero-order valence-corrected chi connectivity index (χ0v) is 15.6. The monoisotopic (exact) mass is 359 g/mol. The summed E-state index contributed by atoms with van der Waals surface area (Å²) in [5.41, 5.74) is 2.96. The highest BCUT2D eigenvalue weighted by Gasteiger charge is 2.16. The van der Waals surface area contributed by atoms with Gasteiger partial charge < -0.3 is 15.5 Å². The minimum atomic E-state index is -0.0635. The summed E-state index contributed by atoms with van der Waals surface area (Å²) in [6.07, 6.45) is 0. The fourth-order valence-electron chi connectivity index (χ4n) is 3.75. The highest BCUT2D eigenvalue weighted by Crippen LogP contribution is 2.24. The summed E-state index contributed by atoms with van der Waals surface area (Å²) in [4.78, 5) is 15.2. The van der Waals surface area contributed by atoms with Crippen LogP contribution in [0.1, 0.15) is 28.9 Å². The predicted molar refractivity (Wildman–Crippen MR) is 111 cm³/mol. The molecule has 3 aromatic carbocycles. The first-order chi connectivity index (χ1) is 13.2. The van der Waals surface area contributed by atoms with Gasteiger partial charge in [-0.3, -0.25) is 4.79 Å². The van der Waals surface area contributed by atoms with Crippen LogP contribution >= 0.6 is 0 Å². The van der Waals surface area contributed by atoms with E-state index in [1.54, 1.807) is 0 Å². The van der Waals surface area contributed by atoms with Gasteiger partial charge in [-0.05, 0) is 41.5 Å². The lowest BCUT2D eigenvalue weighted by molar-refractivity contribution is 0.0940. The summed E-state index contributed by atoms with van der Waals surface area (Å²) in [6.45, 7) is 5.94. The number of amides is 1. The van der Waals surface area contributed by atoms with Crippen molar-refractivity contribution in [3.8, 4) is 0 Å². The normalized spacial score (nSPS) is 15.5. The molecule has 4 rings (SSSR count). The van der Waals surface area contributed by atoms with Crippen LogP contribution in [-0.4, -0.2) is 32.1 Å². The Morgan fingerprint density at radius 3 is 2.59 bits per heavy atom. The molecule has 1 saturated heterocycles. The number of nitrogens with zero attached hydrogens (tertiary/aromatic N) is 1. The lowest BCUT2D eigenvalue weighted by atomic mass is 9.99. The summed E-state index contributed by atoms with van der Waals surface area (Å²) in [6, 6.07) is 22.4. The zero-order valence-electron chi connectivity index (χ0n) is 15.6. The molecule has 3 aromatic rings. The predicted octanol–water partition coefficient (Wildman–Crippen LogP) is 3.74. The second kappa shape index (κ2) is 7.80. The molecule has 1 heterocycles. The minimum Gasteiger partial charge on any atom is -0.369 e. The third-order valence-electron chi connectivity index (χ3n) is 5.23. The standard InChI is InChI=1S/C23H25N3O/c1-17(21-11-5-7-18-6-2-3-10-22(18)21)25-23(27)19-8-4-9-20(16-19)26-14-12-24-13-15-26/h2-11,16-17,24H,12-15H2,1H3,(H,25,27). The highest BCUT2D eigenvalue weighted by atomic mass is 16.1. The van der Waals surface area contributed by atoms with E-state index in [0.29, 0.717) is 5.56 Å². The maximum Gasteiger partial charge on any atom is 0.251 e. The van der Waals surface area contributed by atoms with Crippen LogP contribution in [0.15, 0.2) is 66.7 Å². The molecule has 0 spiro atoms. The second-order valence-corrected chi connectivity index (χ2v) is 7.05. The van der Waals surface area contributed by atoms with Crippen molar-refractivity contribution in [1.29, 1.82) is 0 Å². The molecule has 1 atom stereocenters. The van der Waals surface area contributed by atoms with Gasteiger partial charge in [0, 0.05) is 37.4 Å². The molecule has 27 heavy (non-hydrogen) atoms. The van der Waals surface area contributed by atoms with Crippen molar-refractivity contribution in [2.24, 2.45) is 0 Å². The van der Waals surface area contributed by atoms with Crippen LogP contribution in [-0.2, 0) is 0 Å². The molecule has 0 saturated carbocycles. The Labute approximate surface area is 160 Å². The highest BCUT2D eigenvalue weighted by molar-refractivity contribution is 5.96. The third kappa shape index (κ3) is 3.81. The first-order valence-electron chi connectivity index (χ1n) is 9.56. The van der Waals surface area contributed by atoms with Gasteiger partial charge >= 0.3 is 0 Å². The number of carbonyl (C=O) groups is 1. The molecule has 0 bridgehead atoms. The molecule has 0 radical (unpaired) electrons. The Hall–Kier alpha value is -2.85. The molecule has 138 valence electrons. The van der Waals surface area contributed by atoms with Crippen molar-refractivity contribution in [2.45, 2.75) is 13.0 Å². The topological polar surface area (TPSA) is 44.4 Å². The van der Waals surface area contributed by atoms with E-state index >= 15 is 0 Å². The number of nitrogens with one attached hydrogen (secondary N) is 2. The number of benzene rings is 3. The fourth-order valence-corrected chi connectivity index (χ4v) is 3.75. The number of fused-ring (bicyclic) bond motifs is 1. The first kappa shape index (κ1) is 17.6. The smallest absolute Gasteiger partial charge is 0.251 e. The zero-order chi connectivity index (χ0) is 18.6. The van der Waals surface area contributed by atoms with Crippen LogP contribution in [0, 0.1) is 0 Å². The van der Waals surface area contributed by atoms with Crippen molar-refractivity contribution in [3.63, 3.8) is 0 Å². The van der Waals surface area contributed by atoms with Crippen molar-refractivity contribution in [2.75, 3.05) is 31.1 Å². The maximum absolute atomic E-state index is 12.9. The summed E-state index contributed by atoms with van der Waals surface area (Å²) < 4.78 is 0. The SMILES string of the molecule is CC(NC(=O)c1cccc(N2CCNCC2)c1)c1cccc2ccccc12. The number of rotatable bonds is 4. The molecule has 0 aromatic heterocycles. The third-order valence-corrected chi connectivity index (χ3v) is 5.23. The Kier molecular flexibility index (Phi) is 5.07. The molecule has 1 aliphatic rings. The van der Waals surface area contributed by atoms with E-state index in [-0.39, 0.29) is 11.9 Å². The number of anilines is 1. The van der Waals surface area contributed by atoms with E-state index < -0.39 is 0 Å². The van der Waals surface area contributed by atoms with Crippen LogP contribution in [0.4, 0.5) is 5.69 Å². The van der Waals surface area contributed by atoms with Crippen molar-refractivity contribution in [3.05, 3.63) is 77.9 Å². The summed E-state index contributed by atoms with van der Waals surface area (Å²) in [7, 11) is 0. The van der Waals surface area contributed by atoms with Crippen LogP contribution in [0.2, 0.25) is 0 Å². The van der Waals surface area contributed by atoms with Gasteiger partial charge in [0.1, 0.15) is 0 Å². The molecule has 4 heteroatoms. The van der Waals surface area contributed by atoms with E-state index in [9.17, 15) is 4.79 Å². The number of hydrogen-bond acceptors (Lipinski definition) is 3. The Bertz CT molecular complexity index is 942. The number of piperazine rings is 1. The van der Waals surface area contributed by atoms with Gasteiger partial charge in [0.05, 0.1) is 6.04 Å². The Balaban J connectivity index is 1.53. The van der Waals surface area contributed by atoms with E-state index in [0.717, 1.165) is 37.4 Å².